The van der Waals surface area contributed by atoms with Crippen LogP contribution < -0.4 is 10.2 Å². The topological polar surface area (TPSA) is 71.0 Å². The molecule has 1 N–H and O–H groups in total. The Morgan fingerprint density at radius 3 is 2.42 bits per heavy atom. The molecule has 0 saturated carbocycles. The van der Waals surface area contributed by atoms with Crippen molar-refractivity contribution < 1.29 is 13.6 Å². The summed E-state index contributed by atoms with van der Waals surface area (Å²) in [5.41, 5.74) is 2.22. The van der Waals surface area contributed by atoms with Crippen LogP contribution in [0, 0.1) is 0 Å². The number of anilines is 2. The maximum absolute atomic E-state index is 13.9. The number of benzene rings is 1. The Morgan fingerprint density at radius 2 is 1.81 bits per heavy atom. The lowest BCUT2D eigenvalue weighted by Crippen LogP contribution is -2.27. The van der Waals surface area contributed by atoms with Crippen molar-refractivity contribution in [3.63, 3.8) is 0 Å². The van der Waals surface area contributed by atoms with E-state index in [-0.39, 0.29) is 24.4 Å². The third-order valence-corrected chi connectivity index (χ3v) is 5.17. The van der Waals surface area contributed by atoms with Crippen LogP contribution in [0.4, 0.5) is 20.3 Å². The van der Waals surface area contributed by atoms with Crippen molar-refractivity contribution in [1.29, 1.82) is 0 Å². The van der Waals surface area contributed by atoms with E-state index in [1.54, 1.807) is 12.3 Å². The largest absolute Gasteiger partial charge is 0.349 e. The highest BCUT2D eigenvalue weighted by Crippen LogP contribution is 2.38. The van der Waals surface area contributed by atoms with Crippen LogP contribution in [-0.2, 0) is 0 Å². The molecule has 1 aliphatic heterocycles. The fourth-order valence-electron chi connectivity index (χ4n) is 3.53. The zero-order valence-corrected chi connectivity index (χ0v) is 17.3. The van der Waals surface area contributed by atoms with Crippen LogP contribution >= 0.6 is 0 Å². The number of halogens is 2. The minimum absolute atomic E-state index is 0.142. The molecule has 0 unspecified atom stereocenters. The van der Waals surface area contributed by atoms with E-state index in [2.05, 4.69) is 20.3 Å². The number of hydrogen-bond acceptors (Lipinski definition) is 5. The molecule has 3 heterocycles. The van der Waals surface area contributed by atoms with Gasteiger partial charge in [0.05, 0.1) is 17.8 Å². The van der Waals surface area contributed by atoms with Gasteiger partial charge in [-0.05, 0) is 11.6 Å². The second-order valence-electron chi connectivity index (χ2n) is 7.89. The summed E-state index contributed by atoms with van der Waals surface area (Å²) in [4.78, 5) is 27.3. The summed E-state index contributed by atoms with van der Waals surface area (Å²) in [6.45, 7) is 3.66. The average molecular weight is 423 g/mol. The number of amides is 1. The lowest BCUT2D eigenvalue weighted by Gasteiger charge is -2.23. The standard InChI is InChI=1S/C23H23F2N5O/c1-15(2)20-27-12-17(13-28-20)22(31)29-19-18(16-6-4-3-5-7-16)8-10-26-21(19)30-11-9-23(24,25)14-30/h3-8,10,12-13,15H,9,11,14H2,1-2H3,(H,29,31). The van der Waals surface area contributed by atoms with E-state index in [9.17, 15) is 13.6 Å². The van der Waals surface area contributed by atoms with Gasteiger partial charge in [0.1, 0.15) is 5.82 Å². The Hall–Kier alpha value is -3.42. The van der Waals surface area contributed by atoms with E-state index in [0.29, 0.717) is 22.9 Å². The second kappa shape index (κ2) is 8.37. The first-order valence-electron chi connectivity index (χ1n) is 10.1. The van der Waals surface area contributed by atoms with Crippen LogP contribution in [0.25, 0.3) is 11.1 Å². The Balaban J connectivity index is 1.72. The number of nitrogens with zero attached hydrogens (tertiary/aromatic N) is 4. The van der Waals surface area contributed by atoms with Gasteiger partial charge in [0, 0.05) is 43.0 Å². The van der Waals surface area contributed by atoms with E-state index in [1.165, 1.54) is 17.3 Å². The third-order valence-electron chi connectivity index (χ3n) is 5.17. The molecule has 1 amide bonds. The second-order valence-corrected chi connectivity index (χ2v) is 7.89. The van der Waals surface area contributed by atoms with Crippen molar-refractivity contribution in [2.24, 2.45) is 0 Å². The SMILES string of the molecule is CC(C)c1ncc(C(=O)Nc2c(-c3ccccc3)ccnc2N2CCC(F)(F)C2)cn1. The normalized spacial score (nSPS) is 15.3. The van der Waals surface area contributed by atoms with Gasteiger partial charge >= 0.3 is 0 Å². The van der Waals surface area contributed by atoms with Gasteiger partial charge in [-0.15, -0.1) is 0 Å². The lowest BCUT2D eigenvalue weighted by molar-refractivity contribution is 0.0257. The van der Waals surface area contributed by atoms with Crippen molar-refractivity contribution >= 4 is 17.4 Å². The first kappa shape index (κ1) is 20.8. The maximum atomic E-state index is 13.9. The van der Waals surface area contributed by atoms with Gasteiger partial charge in [-0.3, -0.25) is 4.79 Å². The molecule has 1 fully saturated rings. The first-order valence-corrected chi connectivity index (χ1v) is 10.1. The number of hydrogen-bond donors (Lipinski definition) is 1. The monoisotopic (exact) mass is 423 g/mol. The Bertz CT molecular complexity index is 1070. The van der Waals surface area contributed by atoms with E-state index in [0.717, 1.165) is 5.56 Å². The zero-order chi connectivity index (χ0) is 22.0. The van der Waals surface area contributed by atoms with E-state index in [4.69, 9.17) is 0 Å². The molecule has 0 atom stereocenters. The highest BCUT2D eigenvalue weighted by molar-refractivity contribution is 6.08. The van der Waals surface area contributed by atoms with Crippen LogP contribution in [0.15, 0.2) is 55.0 Å². The van der Waals surface area contributed by atoms with Crippen LogP contribution in [0.5, 0.6) is 0 Å². The van der Waals surface area contributed by atoms with Crippen molar-refractivity contribution in [3.8, 4) is 11.1 Å². The summed E-state index contributed by atoms with van der Waals surface area (Å²) in [6.07, 6.45) is 4.27. The summed E-state index contributed by atoms with van der Waals surface area (Å²) >= 11 is 0. The van der Waals surface area contributed by atoms with E-state index < -0.39 is 18.4 Å². The van der Waals surface area contributed by atoms with E-state index in [1.807, 2.05) is 44.2 Å². The highest BCUT2D eigenvalue weighted by atomic mass is 19.3. The highest BCUT2D eigenvalue weighted by Gasteiger charge is 2.39. The average Bonchev–Trinajstić information content (AvgIpc) is 3.14. The predicted molar refractivity (Wildman–Crippen MR) is 116 cm³/mol. The zero-order valence-electron chi connectivity index (χ0n) is 17.3. The van der Waals surface area contributed by atoms with Crippen LogP contribution in [0.1, 0.15) is 42.4 Å². The van der Waals surface area contributed by atoms with Gasteiger partial charge in [-0.25, -0.2) is 23.7 Å². The smallest absolute Gasteiger partial charge is 0.266 e. The van der Waals surface area contributed by atoms with Gasteiger partial charge in [0.2, 0.25) is 0 Å². The van der Waals surface area contributed by atoms with Gasteiger partial charge in [-0.2, -0.15) is 0 Å². The Kier molecular flexibility index (Phi) is 5.63. The molecule has 0 spiro atoms. The molecule has 6 nitrogen and oxygen atoms in total. The third kappa shape index (κ3) is 4.52. The molecule has 0 bridgehead atoms. The quantitative estimate of drug-likeness (QED) is 0.641. The van der Waals surface area contributed by atoms with Crippen LogP contribution in [0.3, 0.4) is 0 Å². The number of nitrogens with one attached hydrogen (secondary N) is 1. The molecule has 3 aromatic rings. The molecule has 2 aromatic heterocycles. The number of aromatic nitrogens is 3. The summed E-state index contributed by atoms with van der Waals surface area (Å²) in [5, 5.41) is 2.88. The summed E-state index contributed by atoms with van der Waals surface area (Å²) in [7, 11) is 0. The summed E-state index contributed by atoms with van der Waals surface area (Å²) in [5.74, 6) is -2.10. The van der Waals surface area contributed by atoms with Gasteiger partial charge < -0.3 is 10.2 Å². The fourth-order valence-corrected chi connectivity index (χ4v) is 3.53. The molecule has 1 aromatic carbocycles. The van der Waals surface area contributed by atoms with Crippen molar-refractivity contribution in [2.45, 2.75) is 32.1 Å². The minimum atomic E-state index is -2.79. The van der Waals surface area contributed by atoms with Gasteiger partial charge in [0.25, 0.3) is 11.8 Å². The predicted octanol–water partition coefficient (Wildman–Crippen LogP) is 4.76. The van der Waals surface area contributed by atoms with E-state index >= 15 is 0 Å². The summed E-state index contributed by atoms with van der Waals surface area (Å²) in [6, 6.07) is 11.2. The lowest BCUT2D eigenvalue weighted by atomic mass is 10.0. The van der Waals surface area contributed by atoms with Crippen molar-refractivity contribution in [1.82, 2.24) is 15.0 Å². The molecule has 1 saturated heterocycles. The Labute approximate surface area is 179 Å². The number of pyridine rings is 1. The first-order chi connectivity index (χ1) is 14.8. The molecule has 160 valence electrons. The molecular weight excluding hydrogens is 400 g/mol. The van der Waals surface area contributed by atoms with Crippen molar-refractivity contribution in [3.05, 3.63) is 66.4 Å². The summed E-state index contributed by atoms with van der Waals surface area (Å²) < 4.78 is 27.8. The molecular formula is C23H23F2N5O. The molecule has 31 heavy (non-hydrogen) atoms. The maximum Gasteiger partial charge on any atom is 0.266 e. The molecule has 8 heteroatoms. The van der Waals surface area contributed by atoms with Gasteiger partial charge in [-0.1, -0.05) is 44.2 Å². The fraction of sp³-hybridized carbons (Fsp3) is 0.304. The van der Waals surface area contributed by atoms with Crippen LogP contribution in [0.2, 0.25) is 0 Å². The minimum Gasteiger partial charge on any atom is -0.349 e. The Morgan fingerprint density at radius 1 is 1.10 bits per heavy atom. The number of carbonyl (C=O) groups excluding carboxylic acids is 1. The molecule has 0 aliphatic carbocycles. The molecule has 0 radical (unpaired) electrons. The van der Waals surface area contributed by atoms with Crippen molar-refractivity contribution in [2.75, 3.05) is 23.3 Å². The number of rotatable bonds is 5. The number of alkyl halides is 2. The van der Waals surface area contributed by atoms with Gasteiger partial charge in [0.15, 0.2) is 5.82 Å². The molecule has 1 aliphatic rings. The van der Waals surface area contributed by atoms with Crippen LogP contribution in [-0.4, -0.2) is 39.9 Å². The molecule has 4 rings (SSSR count). The number of carbonyl (C=O) groups is 1.